The molecule has 0 fully saturated rings. The molecule has 0 radical (unpaired) electrons. The Bertz CT molecular complexity index is 440. The van der Waals surface area contributed by atoms with E-state index in [2.05, 4.69) is 11.3 Å². The third kappa shape index (κ3) is 3.51. The van der Waals surface area contributed by atoms with Crippen LogP contribution in [0, 0.1) is 0 Å². The zero-order valence-corrected chi connectivity index (χ0v) is 9.53. The summed E-state index contributed by atoms with van der Waals surface area (Å²) in [6, 6.07) is 4.22. The highest BCUT2D eigenvalue weighted by molar-refractivity contribution is 5.77. The van der Waals surface area contributed by atoms with Crippen molar-refractivity contribution in [1.29, 1.82) is 0 Å². The minimum atomic E-state index is -4.46. The fourth-order valence-electron chi connectivity index (χ4n) is 1.20. The van der Waals surface area contributed by atoms with Crippen LogP contribution < -0.4 is 4.74 Å². The van der Waals surface area contributed by atoms with Gasteiger partial charge in [0.05, 0.1) is 12.7 Å². The largest absolute Gasteiger partial charge is 0.475 e. The molecule has 0 saturated heterocycles. The van der Waals surface area contributed by atoms with Gasteiger partial charge in [-0.1, -0.05) is 12.6 Å². The molecule has 0 amide bonds. The highest BCUT2D eigenvalue weighted by Gasteiger charge is 2.31. The second kappa shape index (κ2) is 5.57. The first-order chi connectivity index (χ1) is 8.38. The minimum absolute atomic E-state index is 0.0832. The first kappa shape index (κ1) is 14.1. The van der Waals surface area contributed by atoms with E-state index < -0.39 is 23.8 Å². The Labute approximate surface area is 102 Å². The minimum Gasteiger partial charge on any atom is -0.475 e. The molecule has 1 unspecified atom stereocenters. The van der Waals surface area contributed by atoms with Crippen LogP contribution in [-0.4, -0.2) is 19.2 Å². The lowest BCUT2D eigenvalue weighted by molar-refractivity contribution is -0.146. The maximum absolute atomic E-state index is 12.4. The zero-order valence-electron chi connectivity index (χ0n) is 9.53. The van der Waals surface area contributed by atoms with Gasteiger partial charge in [0.1, 0.15) is 5.75 Å². The number of methoxy groups -OCH3 is 1. The molecule has 0 spiro atoms. The van der Waals surface area contributed by atoms with Crippen molar-refractivity contribution in [3.8, 4) is 5.75 Å². The molecule has 0 aliphatic carbocycles. The molecular formula is C12H11F3O3. The van der Waals surface area contributed by atoms with Crippen molar-refractivity contribution in [2.75, 3.05) is 7.11 Å². The molecule has 0 aliphatic rings. The summed E-state index contributed by atoms with van der Waals surface area (Å²) in [5.41, 5.74) is -0.854. The molecule has 98 valence electrons. The molecule has 18 heavy (non-hydrogen) atoms. The van der Waals surface area contributed by atoms with Crippen LogP contribution in [0.1, 0.15) is 5.56 Å². The molecule has 0 aromatic heterocycles. The molecule has 1 aromatic rings. The molecule has 1 rings (SSSR count). The van der Waals surface area contributed by atoms with Gasteiger partial charge < -0.3 is 9.47 Å². The Balaban J connectivity index is 2.91. The van der Waals surface area contributed by atoms with Gasteiger partial charge in [-0.05, 0) is 24.3 Å². The number of rotatable bonds is 4. The Morgan fingerprint density at radius 3 is 2.61 bits per heavy atom. The zero-order chi connectivity index (χ0) is 13.8. The van der Waals surface area contributed by atoms with Crippen LogP contribution in [-0.2, 0) is 15.7 Å². The summed E-state index contributed by atoms with van der Waals surface area (Å²) >= 11 is 0. The van der Waals surface area contributed by atoms with Crippen LogP contribution in [0.15, 0.2) is 36.9 Å². The molecule has 0 N–H and O–H groups in total. The van der Waals surface area contributed by atoms with Gasteiger partial charge >= 0.3 is 12.1 Å². The van der Waals surface area contributed by atoms with E-state index in [4.69, 9.17) is 4.74 Å². The number of halogens is 3. The Morgan fingerprint density at radius 2 is 2.11 bits per heavy atom. The number of esters is 1. The summed E-state index contributed by atoms with van der Waals surface area (Å²) in [5.74, 6) is -0.817. The highest BCUT2D eigenvalue weighted by Crippen LogP contribution is 2.31. The second-order valence-electron chi connectivity index (χ2n) is 3.32. The third-order valence-electron chi connectivity index (χ3n) is 2.07. The van der Waals surface area contributed by atoms with Crippen molar-refractivity contribution < 1.29 is 27.4 Å². The predicted molar refractivity (Wildman–Crippen MR) is 58.1 cm³/mol. The molecule has 0 heterocycles. The van der Waals surface area contributed by atoms with E-state index in [1.54, 1.807) is 0 Å². The standard InChI is InChI=1S/C12H11F3O3/c1-3-10(11(16)17-2)18-9-6-4-5-8(7-9)12(13,14)15/h3-7,10H,1H2,2H3. The predicted octanol–water partition coefficient (Wildman–Crippen LogP) is 2.81. The van der Waals surface area contributed by atoms with Gasteiger partial charge in [0.2, 0.25) is 6.10 Å². The molecule has 0 saturated carbocycles. The average Bonchev–Trinajstić information content (AvgIpc) is 2.34. The summed E-state index contributed by atoms with van der Waals surface area (Å²) in [6.07, 6.45) is -4.46. The lowest BCUT2D eigenvalue weighted by atomic mass is 10.2. The SMILES string of the molecule is C=CC(Oc1cccc(C(F)(F)F)c1)C(=O)OC. The van der Waals surface area contributed by atoms with Gasteiger partial charge in [0.15, 0.2) is 0 Å². The Kier molecular flexibility index (Phi) is 4.36. The summed E-state index contributed by atoms with van der Waals surface area (Å²) in [5, 5.41) is 0. The fourth-order valence-corrected chi connectivity index (χ4v) is 1.20. The topological polar surface area (TPSA) is 35.5 Å². The quantitative estimate of drug-likeness (QED) is 0.617. The van der Waals surface area contributed by atoms with Crippen LogP contribution >= 0.6 is 0 Å². The third-order valence-corrected chi connectivity index (χ3v) is 2.07. The summed E-state index contributed by atoms with van der Waals surface area (Å²) < 4.78 is 46.8. The maximum Gasteiger partial charge on any atom is 0.416 e. The lowest BCUT2D eigenvalue weighted by Gasteiger charge is -2.14. The number of carbonyl (C=O) groups excluding carboxylic acids is 1. The Hall–Kier alpha value is -1.98. The van der Waals surface area contributed by atoms with Crippen molar-refractivity contribution in [3.63, 3.8) is 0 Å². The highest BCUT2D eigenvalue weighted by atomic mass is 19.4. The normalized spacial score (nSPS) is 12.7. The molecule has 0 aliphatic heterocycles. The number of ether oxygens (including phenoxy) is 2. The van der Waals surface area contributed by atoms with E-state index in [9.17, 15) is 18.0 Å². The Morgan fingerprint density at radius 1 is 1.44 bits per heavy atom. The van der Waals surface area contributed by atoms with E-state index >= 15 is 0 Å². The smallest absolute Gasteiger partial charge is 0.416 e. The van der Waals surface area contributed by atoms with E-state index in [-0.39, 0.29) is 5.75 Å². The van der Waals surface area contributed by atoms with Crippen molar-refractivity contribution in [1.82, 2.24) is 0 Å². The first-order valence-electron chi connectivity index (χ1n) is 4.92. The van der Waals surface area contributed by atoms with Gasteiger partial charge in [0, 0.05) is 0 Å². The summed E-state index contributed by atoms with van der Waals surface area (Å²) in [7, 11) is 1.15. The van der Waals surface area contributed by atoms with Gasteiger partial charge in [-0.2, -0.15) is 13.2 Å². The number of alkyl halides is 3. The van der Waals surface area contributed by atoms with Gasteiger partial charge in [-0.15, -0.1) is 0 Å². The molecule has 6 heteroatoms. The molecule has 0 bridgehead atoms. The molecule has 3 nitrogen and oxygen atoms in total. The van der Waals surface area contributed by atoms with Crippen LogP contribution in [0.4, 0.5) is 13.2 Å². The van der Waals surface area contributed by atoms with Crippen LogP contribution in [0.25, 0.3) is 0 Å². The lowest BCUT2D eigenvalue weighted by Crippen LogP contribution is -2.26. The number of hydrogen-bond acceptors (Lipinski definition) is 3. The fraction of sp³-hybridized carbons (Fsp3) is 0.250. The monoisotopic (exact) mass is 260 g/mol. The van der Waals surface area contributed by atoms with Crippen molar-refractivity contribution in [2.24, 2.45) is 0 Å². The van der Waals surface area contributed by atoms with Crippen molar-refractivity contribution in [3.05, 3.63) is 42.5 Å². The second-order valence-corrected chi connectivity index (χ2v) is 3.32. The number of hydrogen-bond donors (Lipinski definition) is 0. The van der Waals surface area contributed by atoms with Crippen LogP contribution in [0.5, 0.6) is 5.75 Å². The van der Waals surface area contributed by atoms with E-state index in [1.807, 2.05) is 0 Å². The van der Waals surface area contributed by atoms with E-state index in [1.165, 1.54) is 12.1 Å². The van der Waals surface area contributed by atoms with Crippen LogP contribution in [0.3, 0.4) is 0 Å². The van der Waals surface area contributed by atoms with Crippen molar-refractivity contribution in [2.45, 2.75) is 12.3 Å². The molecular weight excluding hydrogens is 249 g/mol. The first-order valence-corrected chi connectivity index (χ1v) is 4.92. The maximum atomic E-state index is 12.4. The summed E-state index contributed by atoms with van der Waals surface area (Å²) in [4.78, 5) is 11.2. The average molecular weight is 260 g/mol. The number of benzene rings is 1. The van der Waals surface area contributed by atoms with Gasteiger partial charge in [0.25, 0.3) is 0 Å². The number of carbonyl (C=O) groups is 1. The van der Waals surface area contributed by atoms with Gasteiger partial charge in [-0.3, -0.25) is 0 Å². The molecule has 1 aromatic carbocycles. The molecule has 1 atom stereocenters. The van der Waals surface area contributed by atoms with Crippen molar-refractivity contribution >= 4 is 5.97 Å². The van der Waals surface area contributed by atoms with E-state index in [0.717, 1.165) is 25.3 Å². The summed E-state index contributed by atoms with van der Waals surface area (Å²) in [6.45, 7) is 3.35. The van der Waals surface area contributed by atoms with E-state index in [0.29, 0.717) is 0 Å². The van der Waals surface area contributed by atoms with Gasteiger partial charge in [-0.25, -0.2) is 4.79 Å². The van der Waals surface area contributed by atoms with Crippen LogP contribution in [0.2, 0.25) is 0 Å².